The predicted octanol–water partition coefficient (Wildman–Crippen LogP) is 0.394. The summed E-state index contributed by atoms with van der Waals surface area (Å²) in [5.41, 5.74) is 1.09. The first-order chi connectivity index (χ1) is 10.1. The summed E-state index contributed by atoms with van der Waals surface area (Å²) in [5, 5.41) is 6.21. The van der Waals surface area contributed by atoms with Crippen LogP contribution in [0.15, 0.2) is 18.2 Å². The molecule has 0 atom stereocenters. The summed E-state index contributed by atoms with van der Waals surface area (Å²) >= 11 is 0. The molecule has 0 aliphatic carbocycles. The van der Waals surface area contributed by atoms with Gasteiger partial charge in [-0.3, -0.25) is 19.3 Å². The molecule has 1 fully saturated rings. The quantitative estimate of drug-likeness (QED) is 0.772. The van der Waals surface area contributed by atoms with Crippen LogP contribution in [0.4, 0.5) is 0 Å². The van der Waals surface area contributed by atoms with E-state index < -0.39 is 0 Å². The van der Waals surface area contributed by atoms with Crippen LogP contribution in [0.2, 0.25) is 0 Å². The van der Waals surface area contributed by atoms with E-state index in [0.717, 1.165) is 30.8 Å². The summed E-state index contributed by atoms with van der Waals surface area (Å²) in [7, 11) is 1.44. The van der Waals surface area contributed by atoms with Crippen LogP contribution in [0.3, 0.4) is 0 Å². The van der Waals surface area contributed by atoms with Gasteiger partial charge in [0.05, 0.1) is 11.1 Å². The normalized spacial score (nSPS) is 18.8. The number of rotatable bonds is 2. The monoisotopic (exact) mass is 287 g/mol. The summed E-state index contributed by atoms with van der Waals surface area (Å²) in [6.07, 6.45) is 1.80. The van der Waals surface area contributed by atoms with E-state index in [4.69, 9.17) is 0 Å². The fraction of sp³-hybridized carbons (Fsp3) is 0.400. The number of hydrogen-bond donors (Lipinski definition) is 2. The van der Waals surface area contributed by atoms with Gasteiger partial charge in [-0.2, -0.15) is 0 Å². The van der Waals surface area contributed by atoms with Crippen molar-refractivity contribution in [1.29, 1.82) is 0 Å². The maximum Gasteiger partial charge on any atom is 0.261 e. The van der Waals surface area contributed by atoms with Crippen LogP contribution in [0, 0.1) is 0 Å². The van der Waals surface area contributed by atoms with E-state index in [1.54, 1.807) is 12.1 Å². The molecule has 6 heteroatoms. The van der Waals surface area contributed by atoms with Crippen molar-refractivity contribution in [3.05, 3.63) is 34.9 Å². The number of carbonyl (C=O) groups excluding carboxylic acids is 3. The van der Waals surface area contributed by atoms with Gasteiger partial charge in [0.2, 0.25) is 0 Å². The number of nitrogens with zero attached hydrogens (tertiary/aromatic N) is 1. The van der Waals surface area contributed by atoms with Crippen molar-refractivity contribution >= 4 is 17.7 Å². The van der Waals surface area contributed by atoms with Gasteiger partial charge in [0.25, 0.3) is 17.7 Å². The number of amides is 3. The van der Waals surface area contributed by atoms with E-state index in [-0.39, 0.29) is 23.8 Å². The average Bonchev–Trinajstić information content (AvgIpc) is 2.73. The molecule has 0 unspecified atom stereocenters. The molecule has 0 spiro atoms. The lowest BCUT2D eigenvalue weighted by Crippen LogP contribution is -2.42. The van der Waals surface area contributed by atoms with Crippen molar-refractivity contribution in [3.8, 4) is 0 Å². The molecule has 1 saturated heterocycles. The van der Waals surface area contributed by atoms with E-state index in [2.05, 4.69) is 10.6 Å². The topological polar surface area (TPSA) is 78.5 Å². The largest absolute Gasteiger partial charge is 0.349 e. The van der Waals surface area contributed by atoms with Crippen LogP contribution in [-0.2, 0) is 0 Å². The molecule has 110 valence electrons. The van der Waals surface area contributed by atoms with Crippen molar-refractivity contribution in [2.45, 2.75) is 18.9 Å². The second-order valence-corrected chi connectivity index (χ2v) is 5.43. The zero-order valence-corrected chi connectivity index (χ0v) is 11.8. The molecule has 1 aromatic carbocycles. The van der Waals surface area contributed by atoms with E-state index >= 15 is 0 Å². The lowest BCUT2D eigenvalue weighted by atomic mass is 10.0. The first-order valence-electron chi connectivity index (χ1n) is 7.06. The predicted molar refractivity (Wildman–Crippen MR) is 76.2 cm³/mol. The molecule has 3 amide bonds. The molecule has 6 nitrogen and oxygen atoms in total. The van der Waals surface area contributed by atoms with Crippen LogP contribution in [-0.4, -0.2) is 48.8 Å². The number of imide groups is 1. The number of hydrogen-bond acceptors (Lipinski definition) is 4. The molecular formula is C15H17N3O3. The molecule has 2 aliphatic rings. The molecule has 21 heavy (non-hydrogen) atoms. The Morgan fingerprint density at radius 1 is 1.19 bits per heavy atom. The third-order valence-electron chi connectivity index (χ3n) is 4.03. The molecule has 1 aromatic rings. The summed E-state index contributed by atoms with van der Waals surface area (Å²) in [6.45, 7) is 1.79. The van der Waals surface area contributed by atoms with Gasteiger partial charge in [-0.25, -0.2) is 0 Å². The van der Waals surface area contributed by atoms with Gasteiger partial charge in [0.1, 0.15) is 0 Å². The number of benzene rings is 1. The number of piperidine rings is 1. The van der Waals surface area contributed by atoms with E-state index in [9.17, 15) is 14.4 Å². The molecule has 2 aliphatic heterocycles. The number of carbonyl (C=O) groups is 3. The zero-order chi connectivity index (χ0) is 15.0. The Hall–Kier alpha value is -2.21. The average molecular weight is 287 g/mol. The Labute approximate surface area is 122 Å². The highest BCUT2D eigenvalue weighted by atomic mass is 16.2. The van der Waals surface area contributed by atoms with Crippen molar-refractivity contribution in [2.24, 2.45) is 0 Å². The summed E-state index contributed by atoms with van der Waals surface area (Å²) in [4.78, 5) is 37.0. The standard InChI is InChI=1S/C15H17N3O3/c1-18-14(20)11-3-2-9(8-12(11)15(18)21)13(19)17-10-4-6-16-7-5-10/h2-3,8,10,16H,4-7H2,1H3,(H,17,19). The van der Waals surface area contributed by atoms with Gasteiger partial charge >= 0.3 is 0 Å². The molecule has 2 N–H and O–H groups in total. The van der Waals surface area contributed by atoms with Gasteiger partial charge in [-0.1, -0.05) is 0 Å². The third kappa shape index (κ3) is 2.42. The number of fused-ring (bicyclic) bond motifs is 1. The summed E-state index contributed by atoms with van der Waals surface area (Å²) in [6, 6.07) is 4.82. The maximum atomic E-state index is 12.2. The smallest absolute Gasteiger partial charge is 0.261 e. The first kappa shape index (κ1) is 13.8. The Bertz CT molecular complexity index is 621. The van der Waals surface area contributed by atoms with Crippen LogP contribution < -0.4 is 10.6 Å². The van der Waals surface area contributed by atoms with Gasteiger partial charge in [-0.15, -0.1) is 0 Å². The third-order valence-corrected chi connectivity index (χ3v) is 4.03. The fourth-order valence-electron chi connectivity index (χ4n) is 2.74. The Morgan fingerprint density at radius 3 is 2.57 bits per heavy atom. The lowest BCUT2D eigenvalue weighted by Gasteiger charge is -2.23. The Balaban J connectivity index is 1.79. The Morgan fingerprint density at radius 2 is 1.86 bits per heavy atom. The van der Waals surface area contributed by atoms with Crippen molar-refractivity contribution in [3.63, 3.8) is 0 Å². The van der Waals surface area contributed by atoms with Crippen LogP contribution in [0.5, 0.6) is 0 Å². The molecule has 2 heterocycles. The molecular weight excluding hydrogens is 270 g/mol. The molecule has 3 rings (SSSR count). The van der Waals surface area contributed by atoms with Crippen molar-refractivity contribution < 1.29 is 14.4 Å². The Kier molecular flexibility index (Phi) is 3.47. The van der Waals surface area contributed by atoms with Crippen molar-refractivity contribution in [1.82, 2.24) is 15.5 Å². The van der Waals surface area contributed by atoms with E-state index in [1.807, 2.05) is 0 Å². The second-order valence-electron chi connectivity index (χ2n) is 5.43. The molecule has 0 radical (unpaired) electrons. The highest BCUT2D eigenvalue weighted by Gasteiger charge is 2.33. The first-order valence-corrected chi connectivity index (χ1v) is 7.06. The van der Waals surface area contributed by atoms with Crippen LogP contribution >= 0.6 is 0 Å². The van der Waals surface area contributed by atoms with Crippen LogP contribution in [0.25, 0.3) is 0 Å². The number of nitrogens with one attached hydrogen (secondary N) is 2. The SMILES string of the molecule is CN1C(=O)c2ccc(C(=O)NC3CCNCC3)cc2C1=O. The summed E-state index contributed by atoms with van der Waals surface area (Å²) in [5.74, 6) is -0.869. The van der Waals surface area contributed by atoms with E-state index in [1.165, 1.54) is 13.1 Å². The summed E-state index contributed by atoms with van der Waals surface area (Å²) < 4.78 is 0. The van der Waals surface area contributed by atoms with Crippen LogP contribution in [0.1, 0.15) is 43.9 Å². The van der Waals surface area contributed by atoms with Gasteiger partial charge < -0.3 is 10.6 Å². The highest BCUT2D eigenvalue weighted by Crippen LogP contribution is 2.22. The second kappa shape index (κ2) is 5.29. The highest BCUT2D eigenvalue weighted by molar-refractivity contribution is 6.21. The van der Waals surface area contributed by atoms with Gasteiger partial charge in [0, 0.05) is 18.7 Å². The van der Waals surface area contributed by atoms with Gasteiger partial charge in [0.15, 0.2) is 0 Å². The molecule has 0 bridgehead atoms. The minimum Gasteiger partial charge on any atom is -0.349 e. The minimum absolute atomic E-state index is 0.159. The van der Waals surface area contributed by atoms with E-state index in [0.29, 0.717) is 16.7 Å². The zero-order valence-electron chi connectivity index (χ0n) is 11.8. The minimum atomic E-state index is -0.355. The fourth-order valence-corrected chi connectivity index (χ4v) is 2.74. The molecule has 0 aromatic heterocycles. The maximum absolute atomic E-state index is 12.2. The lowest BCUT2D eigenvalue weighted by molar-refractivity contribution is 0.0693. The molecule has 0 saturated carbocycles. The van der Waals surface area contributed by atoms with Crippen molar-refractivity contribution in [2.75, 3.05) is 20.1 Å². The van der Waals surface area contributed by atoms with Gasteiger partial charge in [-0.05, 0) is 44.1 Å².